The van der Waals surface area contributed by atoms with Crippen molar-refractivity contribution < 1.29 is 38.1 Å². The normalized spacial score (nSPS) is 27.6. The minimum absolute atomic E-state index is 0.0831. The van der Waals surface area contributed by atoms with Gasteiger partial charge in [0.25, 0.3) is 0 Å². The molecular formula is C13H18O8S. The summed E-state index contributed by atoms with van der Waals surface area (Å²) in [5, 5.41) is -0.255. The van der Waals surface area contributed by atoms with E-state index in [9.17, 15) is 19.2 Å². The number of carbonyl (C=O) groups is 4. The number of rotatable bonds is 4. The average Bonchev–Trinajstić information content (AvgIpc) is 2.34. The lowest BCUT2D eigenvalue weighted by Crippen LogP contribution is -2.56. The summed E-state index contributed by atoms with van der Waals surface area (Å²) in [5.74, 6) is -1.86. The second-order valence-corrected chi connectivity index (χ2v) is 5.88. The van der Waals surface area contributed by atoms with Gasteiger partial charge >= 0.3 is 17.9 Å². The maximum absolute atomic E-state index is 11.3. The van der Waals surface area contributed by atoms with Crippen LogP contribution in [0.1, 0.15) is 27.7 Å². The van der Waals surface area contributed by atoms with Crippen LogP contribution in [0.5, 0.6) is 0 Å². The van der Waals surface area contributed by atoms with Crippen LogP contribution >= 0.6 is 11.8 Å². The minimum Gasteiger partial charge on any atom is -0.456 e. The van der Waals surface area contributed by atoms with Crippen LogP contribution in [0.3, 0.4) is 0 Å². The number of ether oxygens (including phenoxy) is 4. The quantitative estimate of drug-likeness (QED) is 0.534. The van der Waals surface area contributed by atoms with Crippen molar-refractivity contribution in [3.63, 3.8) is 0 Å². The van der Waals surface area contributed by atoms with Gasteiger partial charge in [-0.1, -0.05) is 11.8 Å². The van der Waals surface area contributed by atoms with Crippen LogP contribution in [0.4, 0.5) is 0 Å². The largest absolute Gasteiger partial charge is 0.456 e. The lowest BCUT2D eigenvalue weighted by molar-refractivity contribution is -0.213. The van der Waals surface area contributed by atoms with E-state index in [0.29, 0.717) is 0 Å². The molecule has 9 heteroatoms. The summed E-state index contributed by atoms with van der Waals surface area (Å²) in [6, 6.07) is 0. The van der Waals surface area contributed by atoms with Gasteiger partial charge in [0.15, 0.2) is 28.9 Å². The molecule has 22 heavy (non-hydrogen) atoms. The molecule has 0 aromatic heterocycles. The topological polar surface area (TPSA) is 105 Å². The Kier molecular flexibility index (Phi) is 6.82. The third-order valence-corrected chi connectivity index (χ3v) is 3.56. The van der Waals surface area contributed by atoms with Crippen LogP contribution in [0.15, 0.2) is 0 Å². The molecule has 1 heterocycles. The molecule has 0 radical (unpaired) electrons. The van der Waals surface area contributed by atoms with Crippen LogP contribution in [-0.2, 0) is 38.1 Å². The molecule has 1 aliphatic heterocycles. The number of carbonyl (C=O) groups excluding carboxylic acids is 4. The molecule has 1 aliphatic rings. The fourth-order valence-corrected chi connectivity index (χ4v) is 2.79. The standard InChI is InChI=1S/C13H18O8S/c1-6(14)19-10-5-18-13(22-9(4)17)12(21-8(3)16)11(10)20-7(2)15/h10-13H,5H2,1-4H3/t10-,11+,12-,13-/m1/s1. The summed E-state index contributed by atoms with van der Waals surface area (Å²) in [7, 11) is 0. The molecule has 0 aromatic carbocycles. The Morgan fingerprint density at radius 2 is 1.36 bits per heavy atom. The third kappa shape index (κ3) is 5.64. The summed E-state index contributed by atoms with van der Waals surface area (Å²) in [4.78, 5) is 45.0. The van der Waals surface area contributed by atoms with E-state index in [1.54, 1.807) is 0 Å². The molecule has 0 spiro atoms. The molecule has 1 fully saturated rings. The summed E-state index contributed by atoms with van der Waals surface area (Å²) in [6.45, 7) is 4.80. The van der Waals surface area contributed by atoms with Gasteiger partial charge in [0, 0.05) is 27.7 Å². The maximum Gasteiger partial charge on any atom is 0.303 e. The number of hydrogen-bond donors (Lipinski definition) is 0. The smallest absolute Gasteiger partial charge is 0.303 e. The highest BCUT2D eigenvalue weighted by atomic mass is 32.2. The minimum atomic E-state index is -1.06. The van der Waals surface area contributed by atoms with E-state index < -0.39 is 41.7 Å². The van der Waals surface area contributed by atoms with E-state index in [1.807, 2.05) is 0 Å². The van der Waals surface area contributed by atoms with Crippen LogP contribution in [0, 0.1) is 0 Å². The van der Waals surface area contributed by atoms with Crippen molar-refractivity contribution in [2.24, 2.45) is 0 Å². The molecule has 0 N–H and O–H groups in total. The Morgan fingerprint density at radius 3 is 1.82 bits per heavy atom. The second-order valence-electron chi connectivity index (χ2n) is 4.61. The van der Waals surface area contributed by atoms with Crippen molar-refractivity contribution in [3.8, 4) is 0 Å². The van der Waals surface area contributed by atoms with E-state index in [0.717, 1.165) is 11.8 Å². The molecule has 124 valence electrons. The van der Waals surface area contributed by atoms with Crippen LogP contribution in [-0.4, -0.2) is 53.4 Å². The van der Waals surface area contributed by atoms with E-state index >= 15 is 0 Å². The number of thioether (sulfide) groups is 1. The average molecular weight is 334 g/mol. The van der Waals surface area contributed by atoms with Gasteiger partial charge in [-0.25, -0.2) is 0 Å². The van der Waals surface area contributed by atoms with Crippen molar-refractivity contribution in [3.05, 3.63) is 0 Å². The van der Waals surface area contributed by atoms with E-state index in [1.165, 1.54) is 27.7 Å². The van der Waals surface area contributed by atoms with Gasteiger partial charge in [-0.15, -0.1) is 0 Å². The Bertz CT molecular complexity index is 421. The van der Waals surface area contributed by atoms with Crippen molar-refractivity contribution >= 4 is 34.8 Å². The molecule has 0 aromatic rings. The Balaban J connectivity index is 3.03. The van der Waals surface area contributed by atoms with Crippen molar-refractivity contribution in [1.82, 2.24) is 0 Å². The molecule has 1 saturated heterocycles. The fourth-order valence-electron chi connectivity index (χ4n) is 1.97. The van der Waals surface area contributed by atoms with Crippen molar-refractivity contribution in [1.29, 1.82) is 0 Å². The number of hydrogen-bond acceptors (Lipinski definition) is 9. The van der Waals surface area contributed by atoms with Gasteiger partial charge < -0.3 is 18.9 Å². The zero-order valence-corrected chi connectivity index (χ0v) is 13.5. The third-order valence-electron chi connectivity index (χ3n) is 2.59. The molecule has 0 bridgehead atoms. The fraction of sp³-hybridized carbons (Fsp3) is 0.692. The first kappa shape index (κ1) is 18.4. The predicted octanol–water partition coefficient (Wildman–Crippen LogP) is 0.417. The number of esters is 3. The maximum atomic E-state index is 11.3. The Labute approximate surface area is 131 Å². The Hall–Kier alpha value is -1.61. The van der Waals surface area contributed by atoms with Gasteiger partial charge in [0.1, 0.15) is 0 Å². The summed E-state index contributed by atoms with van der Waals surface area (Å²) >= 11 is 0.807. The summed E-state index contributed by atoms with van der Waals surface area (Å²) in [5.41, 5.74) is -0.849. The lowest BCUT2D eigenvalue weighted by atomic mass is 10.1. The highest BCUT2D eigenvalue weighted by Crippen LogP contribution is 2.30. The molecule has 4 atom stereocenters. The van der Waals surface area contributed by atoms with Gasteiger partial charge in [0.05, 0.1) is 6.61 Å². The first-order valence-electron chi connectivity index (χ1n) is 6.51. The first-order chi connectivity index (χ1) is 10.2. The highest BCUT2D eigenvalue weighted by Gasteiger charge is 2.47. The molecule has 0 aliphatic carbocycles. The summed E-state index contributed by atoms with van der Waals surface area (Å²) < 4.78 is 20.7. The van der Waals surface area contributed by atoms with E-state index in [4.69, 9.17) is 18.9 Å². The van der Waals surface area contributed by atoms with E-state index in [-0.39, 0.29) is 11.7 Å². The molecule has 0 saturated carbocycles. The molecule has 0 amide bonds. The molecule has 0 unspecified atom stereocenters. The molecular weight excluding hydrogens is 316 g/mol. The van der Waals surface area contributed by atoms with Crippen LogP contribution in [0.2, 0.25) is 0 Å². The first-order valence-corrected chi connectivity index (χ1v) is 7.39. The van der Waals surface area contributed by atoms with Gasteiger partial charge in [-0.05, 0) is 0 Å². The monoisotopic (exact) mass is 334 g/mol. The predicted molar refractivity (Wildman–Crippen MR) is 74.7 cm³/mol. The molecule has 8 nitrogen and oxygen atoms in total. The molecule has 1 rings (SSSR count). The van der Waals surface area contributed by atoms with E-state index in [2.05, 4.69) is 0 Å². The van der Waals surface area contributed by atoms with Gasteiger partial charge in [0.2, 0.25) is 0 Å². The Morgan fingerprint density at radius 1 is 0.864 bits per heavy atom. The SMILES string of the molecule is CC(=O)O[C@@H]1[C@@H](OC(C)=O)[C@H](OC(C)=O)CO[C@@H]1SC(C)=O. The highest BCUT2D eigenvalue weighted by molar-refractivity contribution is 8.14. The zero-order valence-electron chi connectivity index (χ0n) is 12.7. The van der Waals surface area contributed by atoms with Gasteiger partial charge in [-0.3, -0.25) is 19.2 Å². The van der Waals surface area contributed by atoms with Crippen LogP contribution in [0.25, 0.3) is 0 Å². The lowest BCUT2D eigenvalue weighted by Gasteiger charge is -2.39. The van der Waals surface area contributed by atoms with Crippen molar-refractivity contribution in [2.75, 3.05) is 6.61 Å². The van der Waals surface area contributed by atoms with Crippen molar-refractivity contribution in [2.45, 2.75) is 51.4 Å². The second kappa shape index (κ2) is 8.14. The zero-order chi connectivity index (χ0) is 16.9. The van der Waals surface area contributed by atoms with Crippen LogP contribution < -0.4 is 0 Å². The summed E-state index contributed by atoms with van der Waals surface area (Å²) in [6.07, 6.45) is -3.03. The van der Waals surface area contributed by atoms with Gasteiger partial charge in [-0.2, -0.15) is 0 Å².